The molecule has 0 radical (unpaired) electrons. The Labute approximate surface area is 174 Å². The molecular weight excluding hydrogens is 384 g/mol. The molecule has 0 saturated heterocycles. The third kappa shape index (κ3) is 5.20. The van der Waals surface area contributed by atoms with E-state index in [1.807, 2.05) is 0 Å². The molecule has 0 aliphatic carbocycles. The molecule has 0 atom stereocenters. The van der Waals surface area contributed by atoms with Crippen LogP contribution in [0.3, 0.4) is 0 Å². The number of unbranched alkanes of at least 4 members (excludes halogenated alkanes) is 3. The Morgan fingerprint density at radius 3 is 2.40 bits per heavy atom. The maximum Gasteiger partial charge on any atom is 0.305 e. The van der Waals surface area contributed by atoms with Crippen LogP contribution in [-0.2, 0) is 16.0 Å². The van der Waals surface area contributed by atoms with Crippen LogP contribution in [-0.4, -0.2) is 22.8 Å². The van der Waals surface area contributed by atoms with Crippen molar-refractivity contribution in [3.05, 3.63) is 58.4 Å². The maximum atomic E-state index is 13.2. The molecule has 1 aromatic heterocycles. The van der Waals surface area contributed by atoms with Gasteiger partial charge in [-0.3, -0.25) is 9.59 Å². The minimum Gasteiger partial charge on any atom is -0.508 e. The van der Waals surface area contributed by atoms with Crippen molar-refractivity contribution in [2.75, 3.05) is 6.61 Å². The molecule has 30 heavy (non-hydrogen) atoms. The van der Waals surface area contributed by atoms with Crippen molar-refractivity contribution in [1.29, 1.82) is 0 Å². The first kappa shape index (κ1) is 21.4. The molecule has 158 valence electrons. The molecule has 0 bridgehead atoms. The van der Waals surface area contributed by atoms with Crippen molar-refractivity contribution < 1.29 is 24.2 Å². The lowest BCUT2D eigenvalue weighted by molar-refractivity contribution is -0.143. The molecular formula is C24H26O6. The van der Waals surface area contributed by atoms with Gasteiger partial charge in [-0.1, -0.05) is 25.0 Å². The number of aromatic hydroxyl groups is 2. The summed E-state index contributed by atoms with van der Waals surface area (Å²) in [5.41, 5.74) is 1.33. The van der Waals surface area contributed by atoms with E-state index in [0.717, 1.165) is 25.7 Å². The number of phenolic OH excluding ortho intramolecular Hbond substituents is 2. The number of ether oxygens (including phenoxy) is 1. The van der Waals surface area contributed by atoms with Gasteiger partial charge in [-0.25, -0.2) is 0 Å². The Kier molecular flexibility index (Phi) is 7.12. The monoisotopic (exact) mass is 410 g/mol. The van der Waals surface area contributed by atoms with E-state index in [0.29, 0.717) is 47.3 Å². The molecule has 3 rings (SSSR count). The van der Waals surface area contributed by atoms with Crippen LogP contribution in [0.5, 0.6) is 11.5 Å². The van der Waals surface area contributed by atoms with Gasteiger partial charge in [0, 0.05) is 18.9 Å². The second-order valence-corrected chi connectivity index (χ2v) is 7.18. The van der Waals surface area contributed by atoms with Crippen LogP contribution in [0.1, 0.15) is 44.8 Å². The zero-order chi connectivity index (χ0) is 21.5. The lowest BCUT2D eigenvalue weighted by atomic mass is 9.98. The highest BCUT2D eigenvalue weighted by molar-refractivity contribution is 5.83. The number of rotatable bonds is 9. The van der Waals surface area contributed by atoms with E-state index in [1.54, 1.807) is 25.1 Å². The first-order chi connectivity index (χ1) is 14.5. The van der Waals surface area contributed by atoms with Crippen LogP contribution in [0.25, 0.3) is 22.1 Å². The Bertz CT molecular complexity index is 1070. The van der Waals surface area contributed by atoms with Crippen LogP contribution in [0, 0.1) is 0 Å². The van der Waals surface area contributed by atoms with E-state index in [1.165, 1.54) is 24.3 Å². The molecule has 2 aromatic carbocycles. The Morgan fingerprint density at radius 1 is 0.967 bits per heavy atom. The van der Waals surface area contributed by atoms with Gasteiger partial charge in [0.05, 0.1) is 17.6 Å². The SMILES string of the molecule is CCOC(=O)CCCCCCc1oc2cc(O)ccc2c(=O)c1-c1ccc(O)cc1. The van der Waals surface area contributed by atoms with Gasteiger partial charge in [0.25, 0.3) is 0 Å². The summed E-state index contributed by atoms with van der Waals surface area (Å²) in [6.45, 7) is 2.19. The molecule has 0 aliphatic rings. The third-order valence-electron chi connectivity index (χ3n) is 4.94. The summed E-state index contributed by atoms with van der Waals surface area (Å²) < 4.78 is 10.9. The summed E-state index contributed by atoms with van der Waals surface area (Å²) >= 11 is 0. The normalized spacial score (nSPS) is 11.0. The number of aryl methyl sites for hydroxylation is 1. The van der Waals surface area contributed by atoms with Crippen molar-refractivity contribution in [3.63, 3.8) is 0 Å². The average Bonchev–Trinajstić information content (AvgIpc) is 2.71. The average molecular weight is 410 g/mol. The van der Waals surface area contributed by atoms with E-state index >= 15 is 0 Å². The second kappa shape index (κ2) is 9.96. The molecule has 0 fully saturated rings. The minimum absolute atomic E-state index is 0.0351. The fourth-order valence-corrected chi connectivity index (χ4v) is 3.47. The number of fused-ring (bicyclic) bond motifs is 1. The van der Waals surface area contributed by atoms with Gasteiger partial charge < -0.3 is 19.4 Å². The molecule has 0 aliphatic heterocycles. The molecule has 6 nitrogen and oxygen atoms in total. The molecule has 0 spiro atoms. The van der Waals surface area contributed by atoms with Gasteiger partial charge in [0.2, 0.25) is 5.43 Å². The lowest BCUT2D eigenvalue weighted by Gasteiger charge is -2.11. The van der Waals surface area contributed by atoms with Crippen LogP contribution in [0.4, 0.5) is 0 Å². The minimum atomic E-state index is -0.174. The van der Waals surface area contributed by atoms with E-state index in [4.69, 9.17) is 9.15 Å². The van der Waals surface area contributed by atoms with Crippen molar-refractivity contribution in [2.45, 2.75) is 45.4 Å². The predicted molar refractivity (Wildman–Crippen MR) is 115 cm³/mol. The van der Waals surface area contributed by atoms with Crippen LogP contribution in [0.2, 0.25) is 0 Å². The Hall–Kier alpha value is -3.28. The standard InChI is InChI=1S/C24H26O6/c1-2-29-22(27)8-6-4-3-5-7-20-23(16-9-11-17(25)12-10-16)24(28)19-14-13-18(26)15-21(19)30-20/h9-15,25-26H,2-8H2,1H3. The molecule has 2 N–H and O–H groups in total. The van der Waals surface area contributed by atoms with Crippen molar-refractivity contribution >= 4 is 16.9 Å². The quantitative estimate of drug-likeness (QED) is 0.384. The highest BCUT2D eigenvalue weighted by atomic mass is 16.5. The molecule has 0 amide bonds. The van der Waals surface area contributed by atoms with Gasteiger partial charge >= 0.3 is 5.97 Å². The second-order valence-electron chi connectivity index (χ2n) is 7.18. The summed E-state index contributed by atoms with van der Waals surface area (Å²) in [6, 6.07) is 10.9. The number of esters is 1. The largest absolute Gasteiger partial charge is 0.508 e. The van der Waals surface area contributed by atoms with Crippen molar-refractivity contribution in [3.8, 4) is 22.6 Å². The fourth-order valence-electron chi connectivity index (χ4n) is 3.47. The molecule has 6 heteroatoms. The van der Waals surface area contributed by atoms with Crippen LogP contribution < -0.4 is 5.43 Å². The number of hydrogen-bond acceptors (Lipinski definition) is 6. The Morgan fingerprint density at radius 2 is 1.67 bits per heavy atom. The van der Waals surface area contributed by atoms with E-state index in [2.05, 4.69) is 0 Å². The molecule has 0 unspecified atom stereocenters. The van der Waals surface area contributed by atoms with E-state index in [9.17, 15) is 19.8 Å². The first-order valence-corrected chi connectivity index (χ1v) is 10.2. The molecule has 0 saturated carbocycles. The lowest BCUT2D eigenvalue weighted by Crippen LogP contribution is -2.09. The van der Waals surface area contributed by atoms with Gasteiger partial charge in [-0.2, -0.15) is 0 Å². The summed E-state index contributed by atoms with van der Waals surface area (Å²) in [5.74, 6) is 0.534. The van der Waals surface area contributed by atoms with E-state index < -0.39 is 0 Å². The zero-order valence-corrected chi connectivity index (χ0v) is 17.0. The summed E-state index contributed by atoms with van der Waals surface area (Å²) in [6.07, 6.45) is 4.29. The number of carbonyl (C=O) groups is 1. The number of carbonyl (C=O) groups excluding carboxylic acids is 1. The zero-order valence-electron chi connectivity index (χ0n) is 17.0. The topological polar surface area (TPSA) is 97.0 Å². The predicted octanol–water partition coefficient (Wildman–Crippen LogP) is 4.93. The van der Waals surface area contributed by atoms with Gasteiger partial charge in [-0.15, -0.1) is 0 Å². The van der Waals surface area contributed by atoms with Gasteiger partial charge in [0.15, 0.2) is 0 Å². The highest BCUT2D eigenvalue weighted by Crippen LogP contribution is 2.28. The number of phenols is 2. The van der Waals surface area contributed by atoms with Gasteiger partial charge in [-0.05, 0) is 49.6 Å². The third-order valence-corrected chi connectivity index (χ3v) is 4.94. The first-order valence-electron chi connectivity index (χ1n) is 10.2. The summed E-state index contributed by atoms with van der Waals surface area (Å²) in [7, 11) is 0. The number of benzene rings is 2. The maximum absolute atomic E-state index is 13.2. The highest BCUT2D eigenvalue weighted by Gasteiger charge is 2.16. The van der Waals surface area contributed by atoms with E-state index in [-0.39, 0.29) is 22.9 Å². The van der Waals surface area contributed by atoms with Crippen molar-refractivity contribution in [2.24, 2.45) is 0 Å². The fraction of sp³-hybridized carbons (Fsp3) is 0.333. The van der Waals surface area contributed by atoms with Crippen LogP contribution >= 0.6 is 0 Å². The molecule has 3 aromatic rings. The Balaban J connectivity index is 1.80. The smallest absolute Gasteiger partial charge is 0.305 e. The van der Waals surface area contributed by atoms with Crippen molar-refractivity contribution in [1.82, 2.24) is 0 Å². The number of hydrogen-bond donors (Lipinski definition) is 2. The van der Waals surface area contributed by atoms with Crippen LogP contribution in [0.15, 0.2) is 51.7 Å². The molecule has 1 heterocycles. The van der Waals surface area contributed by atoms with Gasteiger partial charge in [0.1, 0.15) is 22.8 Å². The summed E-state index contributed by atoms with van der Waals surface area (Å²) in [4.78, 5) is 24.6. The summed E-state index contributed by atoms with van der Waals surface area (Å²) in [5, 5.41) is 19.7.